The molecule has 2 rings (SSSR count). The van der Waals surface area contributed by atoms with Crippen molar-refractivity contribution < 1.29 is 19.8 Å². The van der Waals surface area contributed by atoms with Crippen LogP contribution in [0.5, 0.6) is 0 Å². The summed E-state index contributed by atoms with van der Waals surface area (Å²) in [6.45, 7) is 5.90. The average Bonchev–Trinajstić information content (AvgIpc) is 2.54. The highest BCUT2D eigenvalue weighted by Gasteiger charge is 2.35. The largest absolute Gasteiger partial charge is 0.456 e. The van der Waals surface area contributed by atoms with Gasteiger partial charge in [0, 0.05) is 31.9 Å². The lowest BCUT2D eigenvalue weighted by molar-refractivity contribution is -0.665. The molecule has 0 atom stereocenters. The average molecular weight is 322 g/mol. The Balaban J connectivity index is 2.16. The fraction of sp³-hybridized carbons (Fsp3) is 0.562. The number of ether oxygens (including phenoxy) is 1. The molecule has 126 valence electrons. The lowest BCUT2D eigenvalue weighted by Gasteiger charge is -2.35. The summed E-state index contributed by atoms with van der Waals surface area (Å²) in [4.78, 5) is 23.0. The van der Waals surface area contributed by atoms with Gasteiger partial charge in [0.15, 0.2) is 0 Å². The first-order valence-electron chi connectivity index (χ1n) is 7.86. The highest BCUT2D eigenvalue weighted by atomic mass is 16.6. The molecule has 1 fully saturated rings. The van der Waals surface area contributed by atoms with Crippen LogP contribution in [0.25, 0.3) is 0 Å². The number of nitro groups is 1. The van der Waals surface area contributed by atoms with Gasteiger partial charge in [-0.15, -0.1) is 0 Å². The van der Waals surface area contributed by atoms with Crippen LogP contribution in [-0.4, -0.2) is 36.6 Å². The highest BCUT2D eigenvalue weighted by molar-refractivity contribution is 5.91. The van der Waals surface area contributed by atoms with Gasteiger partial charge in [-0.25, -0.2) is 4.79 Å². The number of carbonyl (C=O) groups is 1. The summed E-state index contributed by atoms with van der Waals surface area (Å²) in [6, 6.07) is 4.34. The van der Waals surface area contributed by atoms with Gasteiger partial charge in [-0.3, -0.25) is 10.1 Å². The molecule has 0 bridgehead atoms. The Kier molecular flexibility index (Phi) is 5.20. The van der Waals surface area contributed by atoms with Gasteiger partial charge < -0.3 is 15.4 Å². The zero-order chi connectivity index (χ0) is 17.0. The zero-order valence-electron chi connectivity index (χ0n) is 13.8. The van der Waals surface area contributed by atoms with Crippen LogP contribution < -0.4 is 10.6 Å². The molecule has 1 heterocycles. The van der Waals surface area contributed by atoms with Gasteiger partial charge in [-0.05, 0) is 26.0 Å². The van der Waals surface area contributed by atoms with Crippen molar-refractivity contribution in [2.24, 2.45) is 5.92 Å². The minimum absolute atomic E-state index is 0.132. The van der Waals surface area contributed by atoms with Crippen LogP contribution in [0.4, 0.5) is 11.4 Å². The van der Waals surface area contributed by atoms with E-state index in [9.17, 15) is 14.9 Å². The van der Waals surface area contributed by atoms with Crippen LogP contribution in [0.2, 0.25) is 0 Å². The maximum atomic E-state index is 12.4. The lowest BCUT2D eigenvalue weighted by Crippen LogP contribution is -2.86. The van der Waals surface area contributed by atoms with E-state index in [0.29, 0.717) is 11.6 Å². The first-order chi connectivity index (χ1) is 10.8. The van der Waals surface area contributed by atoms with E-state index in [1.54, 1.807) is 13.1 Å². The van der Waals surface area contributed by atoms with Gasteiger partial charge in [-0.2, -0.15) is 0 Å². The summed E-state index contributed by atoms with van der Waals surface area (Å²) in [5, 5.41) is 16.1. The second kappa shape index (κ2) is 6.95. The summed E-state index contributed by atoms with van der Waals surface area (Å²) in [6.07, 6.45) is 2.00. The van der Waals surface area contributed by atoms with Gasteiger partial charge in [0.1, 0.15) is 11.3 Å². The van der Waals surface area contributed by atoms with Crippen molar-refractivity contribution in [3.05, 3.63) is 33.9 Å². The van der Waals surface area contributed by atoms with E-state index in [1.807, 2.05) is 13.8 Å². The molecule has 3 N–H and O–H groups in total. The predicted molar refractivity (Wildman–Crippen MR) is 86.5 cm³/mol. The van der Waals surface area contributed by atoms with E-state index in [4.69, 9.17) is 4.74 Å². The first-order valence-corrected chi connectivity index (χ1v) is 7.86. The fourth-order valence-corrected chi connectivity index (χ4v) is 3.02. The van der Waals surface area contributed by atoms with Crippen molar-refractivity contribution in [3.8, 4) is 0 Å². The normalized spacial score (nSPS) is 16.0. The number of nitrogens with two attached hydrogens (primary N) is 1. The second-order valence-corrected chi connectivity index (χ2v) is 6.37. The third-order valence-electron chi connectivity index (χ3n) is 4.48. The molecule has 23 heavy (non-hydrogen) atoms. The Labute approximate surface area is 135 Å². The van der Waals surface area contributed by atoms with Crippen molar-refractivity contribution in [1.29, 1.82) is 0 Å². The number of hydrogen-bond donors (Lipinski definition) is 2. The summed E-state index contributed by atoms with van der Waals surface area (Å²) in [7, 11) is 1.60. The minimum Gasteiger partial charge on any atom is -0.456 e. The first kappa shape index (κ1) is 17.2. The van der Waals surface area contributed by atoms with Crippen molar-refractivity contribution in [2.75, 3.05) is 25.5 Å². The Morgan fingerprint density at radius 3 is 2.61 bits per heavy atom. The smallest absolute Gasteiger partial charge is 0.338 e. The molecule has 1 aromatic carbocycles. The van der Waals surface area contributed by atoms with Crippen LogP contribution in [0.3, 0.4) is 0 Å². The molecule has 0 radical (unpaired) electrons. The third kappa shape index (κ3) is 3.98. The number of nitrogens with one attached hydrogen (secondary N) is 1. The van der Waals surface area contributed by atoms with E-state index in [1.165, 1.54) is 12.1 Å². The molecule has 0 aromatic heterocycles. The minimum atomic E-state index is -0.582. The second-order valence-electron chi connectivity index (χ2n) is 6.37. The van der Waals surface area contributed by atoms with E-state index >= 15 is 0 Å². The molecule has 0 unspecified atom stereocenters. The number of esters is 1. The van der Waals surface area contributed by atoms with E-state index in [-0.39, 0.29) is 11.3 Å². The monoisotopic (exact) mass is 322 g/mol. The molecule has 0 saturated carbocycles. The number of carbonyl (C=O) groups excluding carboxylic acids is 1. The van der Waals surface area contributed by atoms with Gasteiger partial charge in [-0.1, -0.05) is 0 Å². The van der Waals surface area contributed by atoms with Crippen LogP contribution in [0.1, 0.15) is 37.0 Å². The van der Waals surface area contributed by atoms with Gasteiger partial charge in [0.25, 0.3) is 5.69 Å². The van der Waals surface area contributed by atoms with E-state index in [0.717, 1.165) is 25.9 Å². The number of benzene rings is 1. The predicted octanol–water partition coefficient (Wildman–Crippen LogP) is 1.55. The molecule has 1 saturated heterocycles. The van der Waals surface area contributed by atoms with Crippen molar-refractivity contribution in [1.82, 2.24) is 0 Å². The quantitative estimate of drug-likeness (QED) is 0.487. The molecular formula is C16H24N3O4+. The lowest BCUT2D eigenvalue weighted by atomic mass is 9.83. The standard InChI is InChI=1S/C16H23N3O4/c1-16(2,12-6-8-18-9-7-12)23-15(20)11-4-5-13(17-3)14(10-11)19(21)22/h4-5,10,12,17-18H,6-9H2,1-3H3/p+1. The molecule has 7 heteroatoms. The molecule has 1 aromatic rings. The molecule has 7 nitrogen and oxygen atoms in total. The number of nitrogens with zero attached hydrogens (tertiary/aromatic N) is 1. The number of hydrogen-bond acceptors (Lipinski definition) is 5. The summed E-state index contributed by atoms with van der Waals surface area (Å²) < 4.78 is 5.68. The van der Waals surface area contributed by atoms with E-state index < -0.39 is 16.5 Å². The highest BCUT2D eigenvalue weighted by Crippen LogP contribution is 2.30. The van der Waals surface area contributed by atoms with Gasteiger partial charge in [0.2, 0.25) is 0 Å². The fourth-order valence-electron chi connectivity index (χ4n) is 3.02. The summed E-state index contributed by atoms with van der Waals surface area (Å²) in [5.41, 5.74) is -0.145. The van der Waals surface area contributed by atoms with Crippen LogP contribution in [0.15, 0.2) is 18.2 Å². The molecule has 1 aliphatic rings. The van der Waals surface area contributed by atoms with Crippen LogP contribution in [-0.2, 0) is 4.74 Å². The number of rotatable bonds is 5. The molecule has 0 aliphatic carbocycles. The van der Waals surface area contributed by atoms with Crippen molar-refractivity contribution in [2.45, 2.75) is 32.3 Å². The number of quaternary nitrogens is 1. The zero-order valence-corrected chi connectivity index (χ0v) is 13.8. The van der Waals surface area contributed by atoms with Crippen LogP contribution in [0, 0.1) is 16.0 Å². The molecule has 0 amide bonds. The van der Waals surface area contributed by atoms with Gasteiger partial charge >= 0.3 is 5.97 Å². The Morgan fingerprint density at radius 2 is 2.04 bits per heavy atom. The van der Waals surface area contributed by atoms with Gasteiger partial charge in [0.05, 0.1) is 23.6 Å². The summed E-state index contributed by atoms with van der Waals surface area (Å²) >= 11 is 0. The molecule has 0 spiro atoms. The Bertz CT molecular complexity index is 595. The Hall–Kier alpha value is -2.15. The number of piperidine rings is 1. The van der Waals surface area contributed by atoms with E-state index in [2.05, 4.69) is 10.6 Å². The number of nitro benzene ring substituents is 1. The SMILES string of the molecule is CNc1ccc(C(=O)OC(C)(C)C2CC[NH2+]CC2)cc1[N+](=O)[O-]. The van der Waals surface area contributed by atoms with Crippen LogP contribution >= 0.6 is 0 Å². The molecular weight excluding hydrogens is 298 g/mol. The number of anilines is 1. The topological polar surface area (TPSA) is 98.1 Å². The maximum Gasteiger partial charge on any atom is 0.338 e. The third-order valence-corrected chi connectivity index (χ3v) is 4.48. The van der Waals surface area contributed by atoms with Crippen molar-refractivity contribution >= 4 is 17.3 Å². The maximum absolute atomic E-state index is 12.4. The van der Waals surface area contributed by atoms with Crippen molar-refractivity contribution in [3.63, 3.8) is 0 Å². The summed E-state index contributed by atoms with van der Waals surface area (Å²) in [5.74, 6) is -0.210. The Morgan fingerprint density at radius 1 is 1.39 bits per heavy atom. The molecule has 1 aliphatic heterocycles.